The molecule has 2 unspecified atom stereocenters. The molecule has 0 aromatic heterocycles. The summed E-state index contributed by atoms with van der Waals surface area (Å²) >= 11 is 0. The Kier molecular flexibility index (Phi) is 53.6. The molecule has 0 aliphatic rings. The fourth-order valence-electron chi connectivity index (χ4n) is 9.05. The lowest BCUT2D eigenvalue weighted by Gasteiger charge is -2.21. The number of phosphoric acid groups is 2. The molecule has 0 heterocycles. The van der Waals surface area contributed by atoms with Crippen LogP contribution in [0.1, 0.15) is 304 Å². The van der Waals surface area contributed by atoms with Crippen LogP contribution < -0.4 is 0 Å². The Morgan fingerprint density at radius 3 is 0.850 bits per heavy atom. The maximum atomic E-state index is 12.9. The van der Waals surface area contributed by atoms with E-state index in [2.05, 4.69) is 34.6 Å². The Bertz CT molecular complexity index is 1570. The van der Waals surface area contributed by atoms with Crippen LogP contribution in [-0.2, 0) is 65.4 Å². The van der Waals surface area contributed by atoms with Crippen LogP contribution in [-0.4, -0.2) is 96.7 Å². The Balaban J connectivity index is 5.16. The molecule has 0 aromatic carbocycles. The van der Waals surface area contributed by atoms with Gasteiger partial charge in [0.2, 0.25) is 0 Å². The molecule has 0 aromatic rings. The molecular formula is C61H118O17P2. The molecule has 5 atom stereocenters. The molecule has 0 aliphatic carbocycles. The molecule has 17 nitrogen and oxygen atoms in total. The van der Waals surface area contributed by atoms with Gasteiger partial charge in [-0.3, -0.25) is 37.3 Å². The van der Waals surface area contributed by atoms with Crippen LogP contribution in [0, 0.1) is 5.92 Å². The third kappa shape index (κ3) is 55.3. The highest BCUT2D eigenvalue weighted by Gasteiger charge is 2.30. The molecule has 0 amide bonds. The van der Waals surface area contributed by atoms with Gasteiger partial charge in [-0.25, -0.2) is 9.13 Å². The number of unbranched alkanes of at least 4 members (excludes halogenated alkanes) is 33. The van der Waals surface area contributed by atoms with Crippen LogP contribution in [0.15, 0.2) is 0 Å². The topological polar surface area (TPSA) is 237 Å². The fraction of sp³-hybridized carbons (Fsp3) is 0.934. The first-order valence-corrected chi connectivity index (χ1v) is 35.1. The summed E-state index contributed by atoms with van der Waals surface area (Å²) in [5, 5.41) is 10.5. The van der Waals surface area contributed by atoms with Gasteiger partial charge in [-0.05, 0) is 31.6 Å². The molecule has 0 radical (unpaired) electrons. The molecule has 0 fully saturated rings. The normalized spacial score (nSPS) is 14.3. The summed E-state index contributed by atoms with van der Waals surface area (Å²) in [6.07, 6.45) is 37.9. The molecule has 19 heteroatoms. The first-order chi connectivity index (χ1) is 38.5. The monoisotopic (exact) mass is 1180 g/mol. The van der Waals surface area contributed by atoms with Crippen LogP contribution in [0.25, 0.3) is 0 Å². The summed E-state index contributed by atoms with van der Waals surface area (Å²) < 4.78 is 67.6. The maximum Gasteiger partial charge on any atom is 0.472 e. The van der Waals surface area contributed by atoms with Gasteiger partial charge >= 0.3 is 39.5 Å². The number of carbonyl (C=O) groups excluding carboxylic acids is 4. The smallest absolute Gasteiger partial charge is 0.462 e. The summed E-state index contributed by atoms with van der Waals surface area (Å²) in [6, 6.07) is 0. The number of carbonyl (C=O) groups is 4. The predicted octanol–water partition coefficient (Wildman–Crippen LogP) is 16.6. The van der Waals surface area contributed by atoms with Crippen molar-refractivity contribution in [2.24, 2.45) is 5.92 Å². The number of hydrogen-bond donors (Lipinski definition) is 3. The Morgan fingerprint density at radius 1 is 0.338 bits per heavy atom. The molecular weight excluding hydrogens is 1070 g/mol. The number of esters is 4. The number of ether oxygens (including phenoxy) is 4. The minimum Gasteiger partial charge on any atom is -0.462 e. The molecule has 474 valence electrons. The van der Waals surface area contributed by atoms with E-state index >= 15 is 0 Å². The van der Waals surface area contributed by atoms with E-state index in [4.69, 9.17) is 37.0 Å². The lowest BCUT2D eigenvalue weighted by atomic mass is 10.0. The summed E-state index contributed by atoms with van der Waals surface area (Å²) in [4.78, 5) is 71.8. The van der Waals surface area contributed by atoms with Crippen molar-refractivity contribution in [3.8, 4) is 0 Å². The van der Waals surface area contributed by atoms with Crippen molar-refractivity contribution < 1.29 is 80.2 Å². The van der Waals surface area contributed by atoms with Gasteiger partial charge in [-0.15, -0.1) is 0 Å². The van der Waals surface area contributed by atoms with E-state index in [1.165, 1.54) is 116 Å². The van der Waals surface area contributed by atoms with E-state index in [0.717, 1.165) is 109 Å². The van der Waals surface area contributed by atoms with Crippen LogP contribution in [0.5, 0.6) is 0 Å². The quantitative estimate of drug-likeness (QED) is 0.0222. The van der Waals surface area contributed by atoms with Gasteiger partial charge in [-0.2, -0.15) is 0 Å². The van der Waals surface area contributed by atoms with E-state index < -0.39 is 97.5 Å². The Morgan fingerprint density at radius 2 is 0.575 bits per heavy atom. The highest BCUT2D eigenvalue weighted by molar-refractivity contribution is 7.47. The average Bonchev–Trinajstić information content (AvgIpc) is 3.42. The summed E-state index contributed by atoms with van der Waals surface area (Å²) in [5.74, 6) is -1.37. The molecule has 80 heavy (non-hydrogen) atoms. The zero-order valence-electron chi connectivity index (χ0n) is 51.2. The van der Waals surface area contributed by atoms with Crippen LogP contribution in [0.3, 0.4) is 0 Å². The van der Waals surface area contributed by atoms with Crippen LogP contribution >= 0.6 is 15.6 Å². The average molecular weight is 1190 g/mol. The standard InChI is InChI=1S/C61H118O17P2/c1-6-9-12-15-17-19-20-24-27-31-35-40-45-59(64)72-51-57(78-61(66)47-42-37-32-28-25-22-21-23-26-29-34-38-43-54(4)5)53-76-80(69,70)74-49-55(62)48-73-79(67,68)75-52-56(50-71-58(63)44-39-33-14-11-8-3)77-60(65)46-41-36-30-18-16-13-10-7-2/h54-57,62H,6-53H2,1-5H3,(H,67,68)(H,69,70)/t55-,56+,57+/m0/s1. The van der Waals surface area contributed by atoms with E-state index in [-0.39, 0.29) is 25.7 Å². The second-order valence-electron chi connectivity index (χ2n) is 22.6. The van der Waals surface area contributed by atoms with E-state index in [1.54, 1.807) is 0 Å². The van der Waals surface area contributed by atoms with Gasteiger partial charge < -0.3 is 33.8 Å². The second-order valence-corrected chi connectivity index (χ2v) is 25.5. The first-order valence-electron chi connectivity index (χ1n) is 32.1. The van der Waals surface area contributed by atoms with Gasteiger partial charge in [0.25, 0.3) is 0 Å². The minimum absolute atomic E-state index is 0.104. The van der Waals surface area contributed by atoms with Crippen molar-refractivity contribution in [3.05, 3.63) is 0 Å². The number of aliphatic hydroxyl groups excluding tert-OH is 1. The first kappa shape index (κ1) is 78.1. The van der Waals surface area contributed by atoms with Gasteiger partial charge in [0.15, 0.2) is 12.2 Å². The fourth-order valence-corrected chi connectivity index (χ4v) is 10.6. The van der Waals surface area contributed by atoms with Crippen molar-refractivity contribution in [2.45, 2.75) is 323 Å². The lowest BCUT2D eigenvalue weighted by molar-refractivity contribution is -0.161. The van der Waals surface area contributed by atoms with Crippen LogP contribution in [0.2, 0.25) is 0 Å². The molecule has 0 aliphatic heterocycles. The van der Waals surface area contributed by atoms with Crippen LogP contribution in [0.4, 0.5) is 0 Å². The van der Waals surface area contributed by atoms with Crippen molar-refractivity contribution in [3.63, 3.8) is 0 Å². The largest absolute Gasteiger partial charge is 0.472 e. The third-order valence-corrected chi connectivity index (χ3v) is 15.9. The Hall–Kier alpha value is -1.94. The van der Waals surface area contributed by atoms with Gasteiger partial charge in [0.1, 0.15) is 19.3 Å². The van der Waals surface area contributed by atoms with Gasteiger partial charge in [0.05, 0.1) is 26.4 Å². The summed E-state index contributed by atoms with van der Waals surface area (Å²) in [5.41, 5.74) is 0. The van der Waals surface area contributed by atoms with Gasteiger partial charge in [-0.1, -0.05) is 253 Å². The minimum atomic E-state index is -4.94. The van der Waals surface area contributed by atoms with Crippen molar-refractivity contribution in [2.75, 3.05) is 39.6 Å². The lowest BCUT2D eigenvalue weighted by Crippen LogP contribution is -2.30. The van der Waals surface area contributed by atoms with E-state index in [1.807, 2.05) is 0 Å². The number of rotatable bonds is 61. The molecule has 0 bridgehead atoms. The Labute approximate surface area is 486 Å². The third-order valence-electron chi connectivity index (χ3n) is 14.0. The van der Waals surface area contributed by atoms with E-state index in [9.17, 15) is 43.2 Å². The van der Waals surface area contributed by atoms with E-state index in [0.29, 0.717) is 25.7 Å². The zero-order valence-corrected chi connectivity index (χ0v) is 53.0. The van der Waals surface area contributed by atoms with Crippen molar-refractivity contribution in [1.29, 1.82) is 0 Å². The van der Waals surface area contributed by atoms with Crippen molar-refractivity contribution >= 4 is 39.5 Å². The summed E-state index contributed by atoms with van der Waals surface area (Å²) in [6.45, 7) is 7.07. The molecule has 0 spiro atoms. The molecule has 0 saturated carbocycles. The zero-order chi connectivity index (χ0) is 59.2. The maximum absolute atomic E-state index is 12.9. The summed E-state index contributed by atoms with van der Waals surface area (Å²) in [7, 11) is -9.87. The SMILES string of the molecule is CCCCCCCCCCCCCCC(=O)OC[C@H](COP(=O)(O)OC[C@@H](O)COP(=O)(O)OC[C@@H](COC(=O)CCCCCCC)OC(=O)CCCCCCCCCC)OC(=O)CCCCCCCCCCCCCCC(C)C. The number of phosphoric ester groups is 2. The molecule has 0 saturated heterocycles. The highest BCUT2D eigenvalue weighted by Crippen LogP contribution is 2.45. The number of hydrogen-bond acceptors (Lipinski definition) is 15. The molecule has 3 N–H and O–H groups in total. The highest BCUT2D eigenvalue weighted by atomic mass is 31.2. The van der Waals surface area contributed by atoms with Crippen molar-refractivity contribution in [1.82, 2.24) is 0 Å². The predicted molar refractivity (Wildman–Crippen MR) is 317 cm³/mol. The van der Waals surface area contributed by atoms with Gasteiger partial charge in [0, 0.05) is 25.7 Å². The number of aliphatic hydroxyl groups is 1. The second kappa shape index (κ2) is 55.0. The molecule has 0 rings (SSSR count).